The lowest BCUT2D eigenvalue weighted by Crippen LogP contribution is -2.51. The number of alkyl carbamates (subject to hydrolysis) is 1. The summed E-state index contributed by atoms with van der Waals surface area (Å²) in [5.41, 5.74) is 5.53. The predicted octanol–water partition coefficient (Wildman–Crippen LogP) is 5.12. The van der Waals surface area contributed by atoms with Crippen LogP contribution in [0, 0.1) is 11.8 Å². The van der Waals surface area contributed by atoms with Gasteiger partial charge in [0, 0.05) is 18.4 Å². The molecule has 1 fully saturated rings. The fourth-order valence-corrected chi connectivity index (χ4v) is 6.03. The lowest BCUT2D eigenvalue weighted by Gasteiger charge is -2.25. The average Bonchev–Trinajstić information content (AvgIpc) is 3.59. The number of ether oxygens (including phenoxy) is 2. The Hall–Kier alpha value is -4.17. The number of aliphatic carboxylic acids is 1. The van der Waals surface area contributed by atoms with E-state index in [1.165, 1.54) is 0 Å². The SMILES string of the molecule is C[C@@H](OCc1ccccc1)[C@H](NC(=O)C1CCCC1CNC(=O)OCC1c2ccccc2-c2ccccc21)C(=O)O. The quantitative estimate of drug-likeness (QED) is 0.302. The number of rotatable bonds is 11. The maximum Gasteiger partial charge on any atom is 0.407 e. The van der Waals surface area contributed by atoms with Crippen LogP contribution in [0.3, 0.4) is 0 Å². The first-order valence-electron chi connectivity index (χ1n) is 14.2. The van der Waals surface area contributed by atoms with E-state index in [1.807, 2.05) is 54.6 Å². The van der Waals surface area contributed by atoms with Crippen molar-refractivity contribution >= 4 is 18.0 Å². The molecule has 2 aliphatic rings. The minimum absolute atomic E-state index is 0.0304. The van der Waals surface area contributed by atoms with Crippen molar-refractivity contribution in [3.8, 4) is 11.1 Å². The maximum atomic E-state index is 13.2. The van der Waals surface area contributed by atoms with Gasteiger partial charge in [-0.3, -0.25) is 4.79 Å². The second kappa shape index (κ2) is 13.0. The zero-order valence-corrected chi connectivity index (χ0v) is 23.1. The summed E-state index contributed by atoms with van der Waals surface area (Å²) >= 11 is 0. The smallest absolute Gasteiger partial charge is 0.407 e. The molecule has 0 heterocycles. The molecule has 3 aromatic carbocycles. The highest BCUT2D eigenvalue weighted by Gasteiger charge is 2.37. The van der Waals surface area contributed by atoms with Crippen molar-refractivity contribution in [2.45, 2.75) is 50.9 Å². The van der Waals surface area contributed by atoms with Crippen molar-refractivity contribution in [1.29, 1.82) is 0 Å². The number of benzene rings is 3. The van der Waals surface area contributed by atoms with Crippen LogP contribution in [0.5, 0.6) is 0 Å². The second-order valence-corrected chi connectivity index (χ2v) is 10.8. The molecule has 3 N–H and O–H groups in total. The van der Waals surface area contributed by atoms with Gasteiger partial charge in [-0.15, -0.1) is 0 Å². The van der Waals surface area contributed by atoms with Gasteiger partial charge in [-0.25, -0.2) is 9.59 Å². The van der Waals surface area contributed by atoms with Crippen molar-refractivity contribution < 1.29 is 29.0 Å². The zero-order valence-electron chi connectivity index (χ0n) is 23.1. The fourth-order valence-electron chi connectivity index (χ4n) is 6.03. The van der Waals surface area contributed by atoms with Crippen molar-refractivity contribution in [3.63, 3.8) is 0 Å². The number of carboxylic acids is 1. The third-order valence-electron chi connectivity index (χ3n) is 8.24. The number of fused-ring (bicyclic) bond motifs is 3. The Kier molecular flexibility index (Phi) is 8.99. The van der Waals surface area contributed by atoms with Gasteiger partial charge >= 0.3 is 12.1 Å². The number of nitrogens with one attached hydrogen (secondary N) is 2. The molecular weight excluding hydrogens is 520 g/mol. The molecule has 2 unspecified atom stereocenters. The highest BCUT2D eigenvalue weighted by atomic mass is 16.5. The topological polar surface area (TPSA) is 114 Å². The van der Waals surface area contributed by atoms with Crippen molar-refractivity contribution in [2.75, 3.05) is 13.2 Å². The van der Waals surface area contributed by atoms with Gasteiger partial charge in [0.1, 0.15) is 6.61 Å². The lowest BCUT2D eigenvalue weighted by atomic mass is 9.94. The maximum absolute atomic E-state index is 13.2. The zero-order chi connectivity index (χ0) is 28.8. The summed E-state index contributed by atoms with van der Waals surface area (Å²) in [6.45, 7) is 2.40. The molecule has 3 aromatic rings. The predicted molar refractivity (Wildman–Crippen MR) is 154 cm³/mol. The van der Waals surface area contributed by atoms with Gasteiger partial charge in [0.05, 0.1) is 12.7 Å². The fraction of sp³-hybridized carbons (Fsp3) is 0.364. The van der Waals surface area contributed by atoms with E-state index in [1.54, 1.807) is 6.92 Å². The largest absolute Gasteiger partial charge is 0.480 e. The molecule has 1 saturated carbocycles. The van der Waals surface area contributed by atoms with Gasteiger partial charge in [0.15, 0.2) is 6.04 Å². The van der Waals surface area contributed by atoms with Gasteiger partial charge in [0.2, 0.25) is 5.91 Å². The molecule has 8 heteroatoms. The van der Waals surface area contributed by atoms with Crippen LogP contribution in [0.2, 0.25) is 0 Å². The summed E-state index contributed by atoms with van der Waals surface area (Å²) in [5, 5.41) is 15.3. The van der Waals surface area contributed by atoms with Crippen LogP contribution < -0.4 is 10.6 Å². The number of carboxylic acid groups (broad SMARTS) is 1. The second-order valence-electron chi connectivity index (χ2n) is 10.8. The van der Waals surface area contributed by atoms with Crippen LogP contribution in [0.25, 0.3) is 11.1 Å². The van der Waals surface area contributed by atoms with E-state index in [2.05, 4.69) is 34.9 Å². The summed E-state index contributed by atoms with van der Waals surface area (Å²) in [5.74, 6) is -2.01. The van der Waals surface area contributed by atoms with E-state index in [4.69, 9.17) is 9.47 Å². The minimum atomic E-state index is -1.18. The molecular formula is C33H36N2O6. The molecule has 0 bridgehead atoms. The Morgan fingerprint density at radius 3 is 2.20 bits per heavy atom. The van der Waals surface area contributed by atoms with Crippen molar-refractivity contribution in [2.24, 2.45) is 11.8 Å². The summed E-state index contributed by atoms with van der Waals surface area (Å²) in [4.78, 5) is 37.8. The summed E-state index contributed by atoms with van der Waals surface area (Å²) in [6.07, 6.45) is 0.973. The normalized spacial score (nSPS) is 19.0. The van der Waals surface area contributed by atoms with Crippen LogP contribution in [-0.2, 0) is 25.7 Å². The van der Waals surface area contributed by atoms with E-state index in [9.17, 15) is 19.5 Å². The first kappa shape index (κ1) is 28.4. The average molecular weight is 557 g/mol. The molecule has 8 nitrogen and oxygen atoms in total. The highest BCUT2D eigenvalue weighted by Crippen LogP contribution is 2.44. The highest BCUT2D eigenvalue weighted by molar-refractivity contribution is 5.86. The Balaban J connectivity index is 1.12. The molecule has 41 heavy (non-hydrogen) atoms. The van der Waals surface area contributed by atoms with E-state index in [0.29, 0.717) is 6.42 Å². The van der Waals surface area contributed by atoms with Crippen LogP contribution in [-0.4, -0.2) is 48.4 Å². The summed E-state index contributed by atoms with van der Waals surface area (Å²) < 4.78 is 11.4. The minimum Gasteiger partial charge on any atom is -0.480 e. The van der Waals surface area contributed by atoms with E-state index in [0.717, 1.165) is 40.7 Å². The number of carbonyl (C=O) groups is 3. The summed E-state index contributed by atoms with van der Waals surface area (Å²) in [7, 11) is 0. The molecule has 0 radical (unpaired) electrons. The Morgan fingerprint density at radius 1 is 0.902 bits per heavy atom. The number of hydrogen-bond acceptors (Lipinski definition) is 5. The van der Waals surface area contributed by atoms with Gasteiger partial charge in [-0.2, -0.15) is 0 Å². The van der Waals surface area contributed by atoms with Gasteiger partial charge in [0.25, 0.3) is 0 Å². The third kappa shape index (κ3) is 6.60. The number of carbonyl (C=O) groups excluding carboxylic acids is 2. The van der Waals surface area contributed by atoms with Crippen LogP contribution in [0.1, 0.15) is 48.8 Å². The van der Waals surface area contributed by atoms with Gasteiger partial charge in [-0.05, 0) is 53.5 Å². The van der Waals surface area contributed by atoms with E-state index in [-0.39, 0.29) is 37.5 Å². The van der Waals surface area contributed by atoms with Gasteiger partial charge < -0.3 is 25.2 Å². The van der Waals surface area contributed by atoms with Crippen molar-refractivity contribution in [1.82, 2.24) is 10.6 Å². The molecule has 0 spiro atoms. The standard InChI is InChI=1S/C33H36N2O6/c1-21(40-19-22-10-3-2-4-11-22)30(32(37)38)35-31(36)24-17-9-12-23(24)18-34-33(39)41-20-29-27-15-7-5-13-25(27)26-14-6-8-16-28(26)29/h2-8,10-11,13-16,21,23-24,29-30H,9,12,17-20H2,1H3,(H,34,39)(H,35,36)(H,37,38)/t21-,23?,24?,30+/m1/s1. The van der Waals surface area contributed by atoms with Gasteiger partial charge in [-0.1, -0.05) is 85.3 Å². The molecule has 0 saturated heterocycles. The molecule has 0 aliphatic heterocycles. The molecule has 214 valence electrons. The first-order valence-corrected chi connectivity index (χ1v) is 14.2. The lowest BCUT2D eigenvalue weighted by molar-refractivity contribution is -0.147. The molecule has 2 amide bonds. The van der Waals surface area contributed by atoms with Crippen LogP contribution >= 0.6 is 0 Å². The summed E-state index contributed by atoms with van der Waals surface area (Å²) in [6, 6.07) is 24.6. The van der Waals surface area contributed by atoms with Crippen molar-refractivity contribution in [3.05, 3.63) is 95.6 Å². The third-order valence-corrected chi connectivity index (χ3v) is 8.24. The van der Waals surface area contributed by atoms with E-state index < -0.39 is 30.1 Å². The van der Waals surface area contributed by atoms with E-state index >= 15 is 0 Å². The molecule has 5 rings (SSSR count). The van der Waals surface area contributed by atoms with Crippen LogP contribution in [0.4, 0.5) is 4.79 Å². The Labute approximate surface area is 240 Å². The molecule has 2 aliphatic carbocycles. The Morgan fingerprint density at radius 2 is 1.54 bits per heavy atom. The monoisotopic (exact) mass is 556 g/mol. The molecule has 0 aromatic heterocycles. The van der Waals surface area contributed by atoms with Crippen LogP contribution in [0.15, 0.2) is 78.9 Å². The number of amides is 2. The first-order chi connectivity index (χ1) is 19.9. The Bertz CT molecular complexity index is 1330. The number of hydrogen-bond donors (Lipinski definition) is 3. The molecule has 4 atom stereocenters.